The maximum Gasteiger partial charge on any atom is 0.328 e. The third kappa shape index (κ3) is 4.17. The lowest BCUT2D eigenvalue weighted by atomic mass is 10.3. The molecule has 106 valence electrons. The van der Waals surface area contributed by atoms with Crippen molar-refractivity contribution in [2.45, 2.75) is 0 Å². The highest BCUT2D eigenvalue weighted by molar-refractivity contribution is 5.75. The molecule has 0 amide bonds. The van der Waals surface area contributed by atoms with Crippen LogP contribution >= 0.6 is 0 Å². The van der Waals surface area contributed by atoms with Crippen molar-refractivity contribution in [2.24, 2.45) is 4.99 Å². The Hall–Kier alpha value is -3.15. The molecule has 0 saturated heterocycles. The smallest absolute Gasteiger partial charge is 0.328 e. The van der Waals surface area contributed by atoms with Gasteiger partial charge in [-0.3, -0.25) is 19.8 Å². The SMILES string of the molecule is O=c1[nH]c(O)c(/C=C/C=C/C=Nc2ccccc2)c(=O)[nH]1. The fourth-order valence-corrected chi connectivity index (χ4v) is 1.55. The number of H-pyrrole nitrogens is 2. The average molecular weight is 283 g/mol. The summed E-state index contributed by atoms with van der Waals surface area (Å²) in [6, 6.07) is 9.44. The number of aliphatic imine (C=N–C) groups is 1. The summed E-state index contributed by atoms with van der Waals surface area (Å²) < 4.78 is 0. The van der Waals surface area contributed by atoms with E-state index >= 15 is 0 Å². The fraction of sp³-hybridized carbons (Fsp3) is 0. The standard InChI is InChI=1S/C15H13N3O3/c19-13-12(14(20)18-15(21)17-13)9-5-2-6-10-16-11-7-3-1-4-8-11/h1-10H,(H3,17,18,19,20,21)/b6-2+,9-5+,16-10?. The van der Waals surface area contributed by atoms with Gasteiger partial charge in [-0.15, -0.1) is 0 Å². The van der Waals surface area contributed by atoms with Gasteiger partial charge in [-0.2, -0.15) is 0 Å². The summed E-state index contributed by atoms with van der Waals surface area (Å²) in [5.41, 5.74) is -0.584. The summed E-state index contributed by atoms with van der Waals surface area (Å²) in [5.74, 6) is -0.466. The molecule has 0 spiro atoms. The van der Waals surface area contributed by atoms with Crippen LogP contribution in [0.25, 0.3) is 6.08 Å². The van der Waals surface area contributed by atoms with Gasteiger partial charge in [-0.1, -0.05) is 30.4 Å². The molecular formula is C15H13N3O3. The van der Waals surface area contributed by atoms with Gasteiger partial charge in [0.25, 0.3) is 5.56 Å². The van der Waals surface area contributed by atoms with E-state index in [0.717, 1.165) is 5.69 Å². The summed E-state index contributed by atoms with van der Waals surface area (Å²) in [6.07, 6.45) is 7.88. The zero-order chi connectivity index (χ0) is 15.1. The van der Waals surface area contributed by atoms with Crippen LogP contribution in [-0.2, 0) is 0 Å². The molecule has 2 rings (SSSR count). The first-order valence-electron chi connectivity index (χ1n) is 6.15. The lowest BCUT2D eigenvalue weighted by Crippen LogP contribution is -2.23. The number of nitrogens with zero attached hydrogens (tertiary/aromatic N) is 1. The number of allylic oxidation sites excluding steroid dienone is 3. The Morgan fingerprint density at radius 3 is 2.48 bits per heavy atom. The van der Waals surface area contributed by atoms with Gasteiger partial charge in [0.2, 0.25) is 5.88 Å². The van der Waals surface area contributed by atoms with Gasteiger partial charge in [0.1, 0.15) is 0 Å². The minimum absolute atomic E-state index is 0.0146. The van der Waals surface area contributed by atoms with Crippen LogP contribution < -0.4 is 11.2 Å². The molecule has 21 heavy (non-hydrogen) atoms. The zero-order valence-corrected chi connectivity index (χ0v) is 11.0. The van der Waals surface area contributed by atoms with E-state index in [1.54, 1.807) is 24.4 Å². The molecule has 3 N–H and O–H groups in total. The molecule has 0 fully saturated rings. The Balaban J connectivity index is 2.03. The van der Waals surface area contributed by atoms with Crippen LogP contribution in [0.1, 0.15) is 5.56 Å². The lowest BCUT2D eigenvalue weighted by molar-refractivity contribution is 0.447. The van der Waals surface area contributed by atoms with Crippen LogP contribution in [0.5, 0.6) is 5.88 Å². The van der Waals surface area contributed by atoms with Crippen LogP contribution in [0.2, 0.25) is 0 Å². The lowest BCUT2D eigenvalue weighted by Gasteiger charge is -1.94. The highest BCUT2D eigenvalue weighted by Crippen LogP contribution is 2.08. The van der Waals surface area contributed by atoms with Crippen LogP contribution in [-0.4, -0.2) is 21.3 Å². The van der Waals surface area contributed by atoms with Crippen molar-refractivity contribution in [2.75, 3.05) is 0 Å². The van der Waals surface area contributed by atoms with E-state index in [-0.39, 0.29) is 5.56 Å². The van der Waals surface area contributed by atoms with Crippen molar-refractivity contribution in [3.05, 3.63) is 75.0 Å². The van der Waals surface area contributed by atoms with E-state index in [1.807, 2.05) is 35.3 Å². The van der Waals surface area contributed by atoms with Crippen LogP contribution in [0.4, 0.5) is 5.69 Å². The zero-order valence-electron chi connectivity index (χ0n) is 11.0. The number of hydrogen-bond donors (Lipinski definition) is 3. The second-order valence-electron chi connectivity index (χ2n) is 4.03. The number of nitrogens with one attached hydrogen (secondary N) is 2. The number of aromatic nitrogens is 2. The molecular weight excluding hydrogens is 270 g/mol. The number of benzene rings is 1. The summed E-state index contributed by atoms with van der Waals surface area (Å²) in [5, 5.41) is 9.45. The first-order chi connectivity index (χ1) is 10.2. The second-order valence-corrected chi connectivity index (χ2v) is 4.03. The average Bonchev–Trinajstić information content (AvgIpc) is 2.45. The molecule has 0 saturated carbocycles. The quantitative estimate of drug-likeness (QED) is 0.588. The molecule has 0 unspecified atom stereocenters. The first-order valence-corrected chi connectivity index (χ1v) is 6.15. The number of para-hydroxylation sites is 1. The molecule has 1 aromatic carbocycles. The van der Waals surface area contributed by atoms with E-state index in [2.05, 4.69) is 9.98 Å². The Kier molecular flexibility index (Phi) is 4.66. The van der Waals surface area contributed by atoms with Crippen LogP contribution in [0.15, 0.2) is 63.1 Å². The van der Waals surface area contributed by atoms with Gasteiger partial charge in [-0.05, 0) is 24.3 Å². The summed E-state index contributed by atoms with van der Waals surface area (Å²) >= 11 is 0. The number of hydrogen-bond acceptors (Lipinski definition) is 4. The van der Waals surface area contributed by atoms with Gasteiger partial charge < -0.3 is 5.11 Å². The predicted molar refractivity (Wildman–Crippen MR) is 82.1 cm³/mol. The highest BCUT2D eigenvalue weighted by Gasteiger charge is 2.03. The van der Waals surface area contributed by atoms with Crippen molar-refractivity contribution < 1.29 is 5.11 Å². The third-order valence-corrected chi connectivity index (χ3v) is 2.51. The van der Waals surface area contributed by atoms with E-state index in [4.69, 9.17) is 0 Å². The molecule has 0 aliphatic rings. The second kappa shape index (κ2) is 6.85. The van der Waals surface area contributed by atoms with E-state index in [9.17, 15) is 14.7 Å². The Bertz CT molecular complexity index is 799. The molecule has 0 aliphatic carbocycles. The van der Waals surface area contributed by atoms with Gasteiger partial charge in [0.15, 0.2) is 0 Å². The Morgan fingerprint density at radius 2 is 1.76 bits per heavy atom. The summed E-state index contributed by atoms with van der Waals surface area (Å²) in [4.78, 5) is 30.6. The number of aromatic hydroxyl groups is 1. The highest BCUT2D eigenvalue weighted by atomic mass is 16.3. The van der Waals surface area contributed by atoms with Gasteiger partial charge >= 0.3 is 5.69 Å². The number of aromatic amines is 2. The molecule has 1 aromatic heterocycles. The van der Waals surface area contributed by atoms with Gasteiger partial charge in [0, 0.05) is 6.21 Å². The molecule has 6 nitrogen and oxygen atoms in total. The largest absolute Gasteiger partial charge is 0.494 e. The molecule has 0 atom stereocenters. The maximum absolute atomic E-state index is 11.4. The molecule has 0 bridgehead atoms. The number of rotatable bonds is 4. The van der Waals surface area contributed by atoms with E-state index in [0.29, 0.717) is 0 Å². The van der Waals surface area contributed by atoms with E-state index in [1.165, 1.54) is 6.08 Å². The maximum atomic E-state index is 11.4. The van der Waals surface area contributed by atoms with Gasteiger partial charge in [0.05, 0.1) is 11.3 Å². The minimum atomic E-state index is -0.750. The summed E-state index contributed by atoms with van der Waals surface area (Å²) in [7, 11) is 0. The summed E-state index contributed by atoms with van der Waals surface area (Å²) in [6.45, 7) is 0. The Labute approximate surface area is 119 Å². The molecule has 1 heterocycles. The Morgan fingerprint density at radius 1 is 1.00 bits per heavy atom. The molecule has 0 aliphatic heterocycles. The fourth-order valence-electron chi connectivity index (χ4n) is 1.55. The van der Waals surface area contributed by atoms with Crippen molar-refractivity contribution >= 4 is 18.0 Å². The van der Waals surface area contributed by atoms with Crippen molar-refractivity contribution in [1.82, 2.24) is 9.97 Å². The third-order valence-electron chi connectivity index (χ3n) is 2.51. The van der Waals surface area contributed by atoms with Crippen molar-refractivity contribution in [3.8, 4) is 5.88 Å². The van der Waals surface area contributed by atoms with Gasteiger partial charge in [-0.25, -0.2) is 4.79 Å². The topological polar surface area (TPSA) is 98.3 Å². The molecule has 6 heteroatoms. The first kappa shape index (κ1) is 14.3. The minimum Gasteiger partial charge on any atom is -0.494 e. The monoisotopic (exact) mass is 283 g/mol. The predicted octanol–water partition coefficient (Wildman–Crippen LogP) is 1.74. The molecule has 2 aromatic rings. The normalized spacial score (nSPS) is 11.8. The van der Waals surface area contributed by atoms with Crippen molar-refractivity contribution in [1.29, 1.82) is 0 Å². The van der Waals surface area contributed by atoms with Crippen LogP contribution in [0, 0.1) is 0 Å². The van der Waals surface area contributed by atoms with Crippen molar-refractivity contribution in [3.63, 3.8) is 0 Å². The molecule has 0 radical (unpaired) electrons. The van der Waals surface area contributed by atoms with Crippen LogP contribution in [0.3, 0.4) is 0 Å². The van der Waals surface area contributed by atoms with E-state index < -0.39 is 17.1 Å².